The Morgan fingerprint density at radius 2 is 2.17 bits per heavy atom. The van der Waals surface area contributed by atoms with Crippen LogP contribution in [0.25, 0.3) is 11.1 Å². The van der Waals surface area contributed by atoms with Gasteiger partial charge in [0.15, 0.2) is 0 Å². The number of hydrogen-bond acceptors (Lipinski definition) is 5. The molecule has 4 rings (SSSR count). The second kappa shape index (κ2) is 5.47. The number of rotatable bonds is 4. The Bertz CT molecular complexity index is 894. The van der Waals surface area contributed by atoms with Gasteiger partial charge in [-0.2, -0.15) is 0 Å². The highest BCUT2D eigenvalue weighted by Crippen LogP contribution is 2.37. The topological polar surface area (TPSA) is 72.4 Å². The van der Waals surface area contributed by atoms with Gasteiger partial charge >= 0.3 is 0 Å². The first-order valence-electron chi connectivity index (χ1n) is 8.16. The van der Waals surface area contributed by atoms with E-state index < -0.39 is 0 Å². The Labute approximate surface area is 139 Å². The molecule has 0 saturated heterocycles. The molecule has 1 aliphatic rings. The molecular weight excluding hydrogens is 306 g/mol. The molecular formula is C18H19N3O3. The maximum atomic E-state index is 13.4. The summed E-state index contributed by atoms with van der Waals surface area (Å²) < 4.78 is 10.8. The summed E-state index contributed by atoms with van der Waals surface area (Å²) in [6.07, 6.45) is 3.68. The number of carbonyl (C=O) groups excluding carboxylic acids is 1. The number of pyridine rings is 1. The summed E-state index contributed by atoms with van der Waals surface area (Å²) in [5.41, 5.74) is 2.43. The highest BCUT2D eigenvalue weighted by Gasteiger charge is 2.38. The van der Waals surface area contributed by atoms with Crippen LogP contribution in [-0.2, 0) is 0 Å². The van der Waals surface area contributed by atoms with Gasteiger partial charge in [-0.3, -0.25) is 4.79 Å². The van der Waals surface area contributed by atoms with E-state index in [2.05, 4.69) is 10.1 Å². The minimum absolute atomic E-state index is 0.0248. The first-order valence-corrected chi connectivity index (χ1v) is 8.16. The van der Waals surface area contributed by atoms with Crippen molar-refractivity contribution in [3.63, 3.8) is 0 Å². The van der Waals surface area contributed by atoms with E-state index in [0.717, 1.165) is 24.3 Å². The lowest BCUT2D eigenvalue weighted by Gasteiger charge is -2.28. The van der Waals surface area contributed by atoms with Gasteiger partial charge in [-0.25, -0.2) is 4.98 Å². The quantitative estimate of drug-likeness (QED) is 0.729. The number of nitrogens with zero attached hydrogens (tertiary/aromatic N) is 3. The summed E-state index contributed by atoms with van der Waals surface area (Å²) in [6.45, 7) is 5.68. The average Bonchev–Trinajstić information content (AvgIpc) is 3.09. The summed E-state index contributed by atoms with van der Waals surface area (Å²) in [5.74, 6) is 0.766. The fourth-order valence-corrected chi connectivity index (χ4v) is 3.20. The number of aromatic nitrogens is 2. The van der Waals surface area contributed by atoms with Crippen molar-refractivity contribution in [1.29, 1.82) is 0 Å². The van der Waals surface area contributed by atoms with Crippen LogP contribution in [0.2, 0.25) is 0 Å². The van der Waals surface area contributed by atoms with Crippen molar-refractivity contribution in [1.82, 2.24) is 15.0 Å². The third kappa shape index (κ3) is 2.38. The first-order chi connectivity index (χ1) is 11.6. The number of carbonyl (C=O) groups is 1. The molecule has 0 N–H and O–H groups in total. The normalized spacial score (nSPS) is 15.6. The van der Waals surface area contributed by atoms with E-state index in [1.54, 1.807) is 6.26 Å². The molecule has 0 bridgehead atoms. The molecule has 1 atom stereocenters. The van der Waals surface area contributed by atoms with E-state index in [9.17, 15) is 4.79 Å². The van der Waals surface area contributed by atoms with Crippen LogP contribution in [0, 0.1) is 13.8 Å². The molecule has 124 valence electrons. The summed E-state index contributed by atoms with van der Waals surface area (Å²) in [6, 6.07) is 5.70. The van der Waals surface area contributed by atoms with Crippen molar-refractivity contribution < 1.29 is 13.7 Å². The van der Waals surface area contributed by atoms with Gasteiger partial charge in [0.1, 0.15) is 5.76 Å². The standard InChI is InChI=1S/C18H19N3O3/c1-10-9-14(16-11(2)20-24-17(16)19-10)18(22)21(13-6-7-13)12(3)15-5-4-8-23-15/h4-5,8-9,12-13H,6-7H2,1-3H3/t12-/m1/s1. The zero-order valence-electron chi connectivity index (χ0n) is 13.9. The van der Waals surface area contributed by atoms with E-state index >= 15 is 0 Å². The van der Waals surface area contributed by atoms with Gasteiger partial charge in [0.25, 0.3) is 11.6 Å². The van der Waals surface area contributed by atoms with Crippen LogP contribution < -0.4 is 0 Å². The number of fused-ring (bicyclic) bond motifs is 1. The molecule has 0 unspecified atom stereocenters. The molecule has 0 radical (unpaired) electrons. The van der Waals surface area contributed by atoms with E-state index in [0.29, 0.717) is 22.4 Å². The lowest BCUT2D eigenvalue weighted by Crippen LogP contribution is -2.35. The highest BCUT2D eigenvalue weighted by atomic mass is 16.5. The minimum Gasteiger partial charge on any atom is -0.467 e. The molecule has 1 amide bonds. The van der Waals surface area contributed by atoms with Crippen LogP contribution in [0.5, 0.6) is 0 Å². The van der Waals surface area contributed by atoms with Crippen LogP contribution in [0.15, 0.2) is 33.4 Å². The van der Waals surface area contributed by atoms with Crippen LogP contribution in [0.3, 0.4) is 0 Å². The van der Waals surface area contributed by atoms with Crippen LogP contribution in [-0.4, -0.2) is 27.0 Å². The number of hydrogen-bond donors (Lipinski definition) is 0. The second-order valence-corrected chi connectivity index (χ2v) is 6.39. The van der Waals surface area contributed by atoms with Crippen LogP contribution in [0.1, 0.15) is 53.3 Å². The third-order valence-corrected chi connectivity index (χ3v) is 4.52. The van der Waals surface area contributed by atoms with Crippen molar-refractivity contribution in [3.8, 4) is 0 Å². The SMILES string of the molecule is Cc1cc(C(=O)N(C2CC2)[C@H](C)c2ccco2)c2c(C)noc2n1. The Kier molecular flexibility index (Phi) is 3.40. The van der Waals surface area contributed by atoms with Gasteiger partial charge in [0, 0.05) is 11.7 Å². The van der Waals surface area contributed by atoms with Crippen LogP contribution in [0.4, 0.5) is 0 Å². The van der Waals surface area contributed by atoms with Gasteiger partial charge < -0.3 is 13.8 Å². The molecule has 1 saturated carbocycles. The first kappa shape index (κ1) is 14.9. The van der Waals surface area contributed by atoms with E-state index in [4.69, 9.17) is 8.94 Å². The van der Waals surface area contributed by atoms with Crippen molar-refractivity contribution in [2.24, 2.45) is 0 Å². The minimum atomic E-state index is -0.122. The fraction of sp³-hybridized carbons (Fsp3) is 0.389. The predicted molar refractivity (Wildman–Crippen MR) is 87.6 cm³/mol. The van der Waals surface area contributed by atoms with Crippen molar-refractivity contribution in [3.05, 3.63) is 47.2 Å². The lowest BCUT2D eigenvalue weighted by molar-refractivity contribution is 0.0654. The highest BCUT2D eigenvalue weighted by molar-refractivity contribution is 6.06. The van der Waals surface area contributed by atoms with Gasteiger partial charge in [0.2, 0.25) is 0 Å². The molecule has 3 heterocycles. The number of amides is 1. The fourth-order valence-electron chi connectivity index (χ4n) is 3.20. The largest absolute Gasteiger partial charge is 0.467 e. The molecule has 0 spiro atoms. The van der Waals surface area contributed by atoms with Gasteiger partial charge in [-0.05, 0) is 51.8 Å². The van der Waals surface area contributed by atoms with Gasteiger partial charge in [-0.15, -0.1) is 0 Å². The van der Waals surface area contributed by atoms with Crippen molar-refractivity contribution >= 4 is 17.0 Å². The van der Waals surface area contributed by atoms with Crippen molar-refractivity contribution in [2.45, 2.75) is 45.7 Å². The number of aryl methyl sites for hydroxylation is 2. The Morgan fingerprint density at radius 3 is 2.83 bits per heavy atom. The average molecular weight is 325 g/mol. The predicted octanol–water partition coefficient (Wildman–Crippen LogP) is 3.80. The van der Waals surface area contributed by atoms with E-state index in [1.807, 2.05) is 43.9 Å². The van der Waals surface area contributed by atoms with Crippen molar-refractivity contribution in [2.75, 3.05) is 0 Å². The lowest BCUT2D eigenvalue weighted by atomic mass is 10.1. The molecule has 1 aliphatic carbocycles. The maximum Gasteiger partial charge on any atom is 0.258 e. The summed E-state index contributed by atoms with van der Waals surface area (Å²) in [7, 11) is 0. The number of furan rings is 1. The smallest absolute Gasteiger partial charge is 0.258 e. The van der Waals surface area contributed by atoms with Gasteiger partial charge in [-0.1, -0.05) is 5.16 Å². The summed E-state index contributed by atoms with van der Waals surface area (Å²) in [5, 5.41) is 4.66. The summed E-state index contributed by atoms with van der Waals surface area (Å²) >= 11 is 0. The molecule has 3 aromatic heterocycles. The molecule has 1 fully saturated rings. The summed E-state index contributed by atoms with van der Waals surface area (Å²) in [4.78, 5) is 19.6. The van der Waals surface area contributed by atoms with E-state index in [-0.39, 0.29) is 18.0 Å². The van der Waals surface area contributed by atoms with Gasteiger partial charge in [0.05, 0.1) is 28.9 Å². The monoisotopic (exact) mass is 325 g/mol. The van der Waals surface area contributed by atoms with Crippen LogP contribution >= 0.6 is 0 Å². The van der Waals surface area contributed by atoms with E-state index in [1.165, 1.54) is 0 Å². The third-order valence-electron chi connectivity index (χ3n) is 4.52. The Hall–Kier alpha value is -2.63. The molecule has 24 heavy (non-hydrogen) atoms. The Morgan fingerprint density at radius 1 is 1.38 bits per heavy atom. The molecule has 6 heteroatoms. The molecule has 0 aliphatic heterocycles. The maximum absolute atomic E-state index is 13.4. The second-order valence-electron chi connectivity index (χ2n) is 6.39. The molecule has 3 aromatic rings. The molecule has 6 nitrogen and oxygen atoms in total. The molecule has 0 aromatic carbocycles. The zero-order valence-corrected chi connectivity index (χ0v) is 13.9. The zero-order chi connectivity index (χ0) is 16.8. The Balaban J connectivity index is 1.80.